The van der Waals surface area contributed by atoms with Crippen LogP contribution in [0.5, 0.6) is 0 Å². The summed E-state index contributed by atoms with van der Waals surface area (Å²) >= 11 is 0. The molecule has 0 spiro atoms. The van der Waals surface area contributed by atoms with Gasteiger partial charge in [-0.2, -0.15) is 0 Å². The van der Waals surface area contributed by atoms with Crippen LogP contribution in [0.2, 0.25) is 0 Å². The fourth-order valence-electron chi connectivity index (χ4n) is 7.64. The Labute approximate surface area is 301 Å². The van der Waals surface area contributed by atoms with Crippen LogP contribution in [-0.4, -0.2) is 15.0 Å². The van der Waals surface area contributed by atoms with Gasteiger partial charge >= 0.3 is 0 Å². The van der Waals surface area contributed by atoms with E-state index in [-0.39, 0.29) is 0 Å². The van der Waals surface area contributed by atoms with Crippen molar-refractivity contribution in [3.63, 3.8) is 0 Å². The van der Waals surface area contributed by atoms with E-state index >= 15 is 0 Å². The summed E-state index contributed by atoms with van der Waals surface area (Å²) in [6, 6.07) is 66.5. The highest BCUT2D eigenvalue weighted by molar-refractivity contribution is 6.25. The maximum atomic E-state index is 5.14. The van der Waals surface area contributed by atoms with E-state index in [1.54, 1.807) is 0 Å². The van der Waals surface area contributed by atoms with Crippen molar-refractivity contribution in [1.82, 2.24) is 15.0 Å². The molecule has 0 N–H and O–H groups in total. The highest BCUT2D eigenvalue weighted by Gasteiger charge is 2.19. The van der Waals surface area contributed by atoms with Gasteiger partial charge in [-0.25, -0.2) is 15.0 Å². The first kappa shape index (κ1) is 29.9. The van der Waals surface area contributed by atoms with Gasteiger partial charge in [0.15, 0.2) is 17.5 Å². The first-order valence-electron chi connectivity index (χ1n) is 17.6. The molecule has 0 aliphatic carbocycles. The quantitative estimate of drug-likeness (QED) is 0.172. The van der Waals surface area contributed by atoms with Crippen LogP contribution in [0.1, 0.15) is 0 Å². The summed E-state index contributed by atoms with van der Waals surface area (Å²) < 4.78 is 0. The monoisotopic (exact) mass is 661 g/mol. The SMILES string of the molecule is c1ccc(-c2nc(-c3ccccc3)nc(-c3ccc4ccccc4c3-c3cccc(-c4ccc5c6ccccc6c6ccccc6c5c4)c3)n2)cc1. The van der Waals surface area contributed by atoms with Crippen LogP contribution in [0.3, 0.4) is 0 Å². The summed E-state index contributed by atoms with van der Waals surface area (Å²) in [6.45, 7) is 0. The van der Waals surface area contributed by atoms with Crippen LogP contribution in [0, 0.1) is 0 Å². The van der Waals surface area contributed by atoms with Gasteiger partial charge in [0.2, 0.25) is 0 Å². The van der Waals surface area contributed by atoms with Crippen molar-refractivity contribution in [2.75, 3.05) is 0 Å². The molecular weight excluding hydrogens is 631 g/mol. The molecule has 0 aliphatic rings. The number of benzene rings is 9. The molecule has 0 atom stereocenters. The summed E-state index contributed by atoms with van der Waals surface area (Å²) in [4.78, 5) is 15.2. The molecular formula is C49H31N3. The Morgan fingerprint density at radius 3 is 1.35 bits per heavy atom. The van der Waals surface area contributed by atoms with Crippen LogP contribution >= 0.6 is 0 Å². The van der Waals surface area contributed by atoms with E-state index in [9.17, 15) is 0 Å². The number of nitrogens with zero attached hydrogens (tertiary/aromatic N) is 3. The van der Waals surface area contributed by atoms with Crippen molar-refractivity contribution < 1.29 is 0 Å². The third-order valence-electron chi connectivity index (χ3n) is 10.1. The lowest BCUT2D eigenvalue weighted by Crippen LogP contribution is -2.01. The van der Waals surface area contributed by atoms with Crippen molar-refractivity contribution in [3.8, 4) is 56.4 Å². The number of fused-ring (bicyclic) bond motifs is 7. The minimum atomic E-state index is 0.642. The lowest BCUT2D eigenvalue weighted by atomic mass is 9.89. The fourth-order valence-corrected chi connectivity index (χ4v) is 7.64. The van der Waals surface area contributed by atoms with Gasteiger partial charge in [-0.1, -0.05) is 170 Å². The molecule has 1 aromatic heterocycles. The minimum Gasteiger partial charge on any atom is -0.208 e. The van der Waals surface area contributed by atoms with Crippen molar-refractivity contribution in [3.05, 3.63) is 188 Å². The van der Waals surface area contributed by atoms with Crippen molar-refractivity contribution in [2.45, 2.75) is 0 Å². The smallest absolute Gasteiger partial charge is 0.164 e. The molecule has 3 nitrogen and oxygen atoms in total. The Hall–Kier alpha value is -6.97. The summed E-state index contributed by atoms with van der Waals surface area (Å²) in [5.41, 5.74) is 7.39. The second kappa shape index (κ2) is 12.4. The molecule has 10 rings (SSSR count). The molecule has 10 aromatic rings. The third-order valence-corrected chi connectivity index (χ3v) is 10.1. The Kier molecular flexibility index (Phi) is 7.14. The number of aromatic nitrogens is 3. The van der Waals surface area contributed by atoms with Crippen LogP contribution in [-0.2, 0) is 0 Å². The Morgan fingerprint density at radius 2 is 0.712 bits per heavy atom. The molecule has 0 unspecified atom stereocenters. The molecule has 9 aromatic carbocycles. The topological polar surface area (TPSA) is 38.7 Å². The van der Waals surface area contributed by atoms with Gasteiger partial charge in [0.1, 0.15) is 0 Å². The molecule has 0 bridgehead atoms. The predicted octanol–water partition coefficient (Wildman–Crippen LogP) is 12.8. The van der Waals surface area contributed by atoms with E-state index in [4.69, 9.17) is 15.0 Å². The van der Waals surface area contributed by atoms with E-state index in [0.29, 0.717) is 17.5 Å². The minimum absolute atomic E-state index is 0.642. The zero-order chi connectivity index (χ0) is 34.4. The fraction of sp³-hybridized carbons (Fsp3) is 0. The van der Waals surface area contributed by atoms with E-state index in [1.165, 1.54) is 37.9 Å². The van der Waals surface area contributed by atoms with Crippen LogP contribution in [0.15, 0.2) is 188 Å². The Bertz CT molecular complexity index is 2860. The molecule has 52 heavy (non-hydrogen) atoms. The highest BCUT2D eigenvalue weighted by Crippen LogP contribution is 2.41. The van der Waals surface area contributed by atoms with Crippen molar-refractivity contribution in [1.29, 1.82) is 0 Å². The van der Waals surface area contributed by atoms with Gasteiger partial charge in [0.05, 0.1) is 0 Å². The zero-order valence-electron chi connectivity index (χ0n) is 28.2. The molecule has 242 valence electrons. The summed E-state index contributed by atoms with van der Waals surface area (Å²) in [7, 11) is 0. The molecule has 0 fully saturated rings. The second-order valence-electron chi connectivity index (χ2n) is 13.2. The van der Waals surface area contributed by atoms with Crippen LogP contribution in [0.25, 0.3) is 99.5 Å². The average Bonchev–Trinajstić information content (AvgIpc) is 3.23. The Morgan fingerprint density at radius 1 is 0.250 bits per heavy atom. The second-order valence-corrected chi connectivity index (χ2v) is 13.2. The van der Waals surface area contributed by atoms with Crippen molar-refractivity contribution >= 4 is 43.1 Å². The average molecular weight is 662 g/mol. The number of hydrogen-bond acceptors (Lipinski definition) is 3. The van der Waals surface area contributed by atoms with Gasteiger partial charge in [-0.15, -0.1) is 0 Å². The summed E-state index contributed by atoms with van der Waals surface area (Å²) in [5.74, 6) is 1.93. The molecule has 0 aliphatic heterocycles. The zero-order valence-corrected chi connectivity index (χ0v) is 28.2. The van der Waals surface area contributed by atoms with Gasteiger partial charge in [0, 0.05) is 22.3 Å². The van der Waals surface area contributed by atoms with E-state index < -0.39 is 0 Å². The molecule has 0 saturated heterocycles. The first-order valence-corrected chi connectivity index (χ1v) is 17.6. The lowest BCUT2D eigenvalue weighted by molar-refractivity contribution is 1.07. The van der Waals surface area contributed by atoms with Gasteiger partial charge in [0.25, 0.3) is 0 Å². The molecule has 0 radical (unpaired) electrons. The standard InChI is InChI=1S/C49H31N3/c1-3-15-33(16-4-1)47-50-48(34-17-5-2-6-18-34)52-49(51-47)44-29-26-32-14-7-8-21-38(32)46(44)37-20-13-19-35(30-37)36-27-28-43-41-24-10-9-22-39(41)40-23-11-12-25-42(40)45(43)31-36/h1-31H. The van der Waals surface area contributed by atoms with Gasteiger partial charge in [-0.05, 0) is 78.0 Å². The van der Waals surface area contributed by atoms with E-state index in [2.05, 4.69) is 127 Å². The maximum absolute atomic E-state index is 5.14. The maximum Gasteiger partial charge on any atom is 0.164 e. The molecule has 1 heterocycles. The van der Waals surface area contributed by atoms with Gasteiger partial charge < -0.3 is 0 Å². The molecule has 3 heteroatoms. The summed E-state index contributed by atoms with van der Waals surface area (Å²) in [5, 5.41) is 9.95. The summed E-state index contributed by atoms with van der Waals surface area (Å²) in [6.07, 6.45) is 0. The van der Waals surface area contributed by atoms with Crippen LogP contribution in [0.4, 0.5) is 0 Å². The largest absolute Gasteiger partial charge is 0.208 e. The normalized spacial score (nSPS) is 11.5. The van der Waals surface area contributed by atoms with Crippen LogP contribution < -0.4 is 0 Å². The Balaban J connectivity index is 1.19. The van der Waals surface area contributed by atoms with Crippen molar-refractivity contribution in [2.24, 2.45) is 0 Å². The van der Waals surface area contributed by atoms with Gasteiger partial charge in [-0.3, -0.25) is 0 Å². The van der Waals surface area contributed by atoms with E-state index in [0.717, 1.165) is 44.2 Å². The lowest BCUT2D eigenvalue weighted by Gasteiger charge is -2.16. The molecule has 0 saturated carbocycles. The number of hydrogen-bond donors (Lipinski definition) is 0. The third kappa shape index (κ3) is 5.10. The number of rotatable bonds is 5. The molecule has 0 amide bonds. The highest BCUT2D eigenvalue weighted by atomic mass is 15.0. The predicted molar refractivity (Wildman–Crippen MR) is 217 cm³/mol. The van der Waals surface area contributed by atoms with E-state index in [1.807, 2.05) is 60.7 Å². The first-order chi connectivity index (χ1) is 25.8.